The molecule has 8 heteroatoms. The predicted molar refractivity (Wildman–Crippen MR) is 135 cm³/mol. The van der Waals surface area contributed by atoms with Gasteiger partial charge in [-0.25, -0.2) is 4.79 Å². The third kappa shape index (κ3) is 4.01. The molecule has 1 atom stereocenters. The number of thioether (sulfide) groups is 1. The number of hydrogen-bond acceptors (Lipinski definition) is 4. The fourth-order valence-corrected chi connectivity index (χ4v) is 5.46. The zero-order valence-electron chi connectivity index (χ0n) is 18.9. The second-order valence-electron chi connectivity index (χ2n) is 8.35. The van der Waals surface area contributed by atoms with Crippen molar-refractivity contribution in [3.05, 3.63) is 100.0 Å². The Labute approximate surface area is 201 Å². The lowest BCUT2D eigenvalue weighted by Gasteiger charge is -2.24. The Morgan fingerprint density at radius 2 is 1.65 bits per heavy atom. The number of imidazole rings is 1. The topological polar surface area (TPSA) is 76.3 Å². The molecule has 0 unspecified atom stereocenters. The normalized spacial score (nSPS) is 15.8. The van der Waals surface area contributed by atoms with Crippen LogP contribution in [0.25, 0.3) is 11.0 Å². The van der Waals surface area contributed by atoms with Gasteiger partial charge in [0.1, 0.15) is 5.37 Å². The van der Waals surface area contributed by atoms with E-state index < -0.39 is 0 Å². The number of benzene rings is 3. The van der Waals surface area contributed by atoms with Crippen LogP contribution in [0.2, 0.25) is 0 Å². The number of amides is 2. The molecule has 1 aromatic heterocycles. The average Bonchev–Trinajstić information content (AvgIpc) is 3.32. The highest BCUT2D eigenvalue weighted by Crippen LogP contribution is 2.39. The van der Waals surface area contributed by atoms with E-state index in [1.165, 1.54) is 0 Å². The molecule has 1 aliphatic heterocycles. The van der Waals surface area contributed by atoms with Gasteiger partial charge in [0, 0.05) is 31.9 Å². The zero-order chi connectivity index (χ0) is 23.8. The van der Waals surface area contributed by atoms with Crippen molar-refractivity contribution in [2.45, 2.75) is 11.9 Å². The maximum atomic E-state index is 12.8. The van der Waals surface area contributed by atoms with E-state index in [4.69, 9.17) is 0 Å². The number of nitrogens with one attached hydrogen (secondary N) is 1. The molecule has 1 saturated heterocycles. The fraction of sp³-hybridized carbons (Fsp3) is 0.192. The van der Waals surface area contributed by atoms with Gasteiger partial charge in [0.25, 0.3) is 5.91 Å². The predicted octanol–water partition coefficient (Wildman–Crippen LogP) is 3.90. The molecule has 1 N–H and O–H groups in total. The quantitative estimate of drug-likeness (QED) is 0.478. The summed E-state index contributed by atoms with van der Waals surface area (Å²) in [5.41, 5.74) is 4.67. The van der Waals surface area contributed by atoms with Crippen LogP contribution < -0.4 is 11.0 Å². The van der Waals surface area contributed by atoms with Crippen molar-refractivity contribution in [2.75, 3.05) is 11.1 Å². The van der Waals surface area contributed by atoms with Gasteiger partial charge in [-0.2, -0.15) is 0 Å². The molecule has 172 valence electrons. The van der Waals surface area contributed by atoms with E-state index in [1.54, 1.807) is 59.3 Å². The van der Waals surface area contributed by atoms with E-state index in [-0.39, 0.29) is 22.9 Å². The summed E-state index contributed by atoms with van der Waals surface area (Å²) < 4.78 is 3.13. The summed E-state index contributed by atoms with van der Waals surface area (Å²) in [4.78, 5) is 39.4. The summed E-state index contributed by atoms with van der Waals surface area (Å²) in [6.07, 6.45) is 0. The number of nitrogens with zero attached hydrogens (tertiary/aromatic N) is 3. The van der Waals surface area contributed by atoms with Gasteiger partial charge in [-0.3, -0.25) is 18.7 Å². The monoisotopic (exact) mass is 472 g/mol. The van der Waals surface area contributed by atoms with Crippen LogP contribution in [0.15, 0.2) is 77.6 Å². The first kappa shape index (κ1) is 22.0. The van der Waals surface area contributed by atoms with Gasteiger partial charge in [-0.05, 0) is 41.5 Å². The highest BCUT2D eigenvalue weighted by atomic mass is 32.2. The van der Waals surface area contributed by atoms with Crippen LogP contribution >= 0.6 is 11.8 Å². The van der Waals surface area contributed by atoms with Crippen molar-refractivity contribution >= 4 is 40.3 Å². The minimum Gasteiger partial charge on any atom is -0.322 e. The van der Waals surface area contributed by atoms with Gasteiger partial charge >= 0.3 is 5.69 Å². The van der Waals surface area contributed by atoms with E-state index in [9.17, 15) is 14.4 Å². The van der Waals surface area contributed by atoms with E-state index in [0.717, 1.165) is 22.2 Å². The number of aromatic nitrogens is 2. The molecule has 0 spiro atoms. The second-order valence-corrected chi connectivity index (χ2v) is 9.42. The highest BCUT2D eigenvalue weighted by molar-refractivity contribution is 8.00. The van der Waals surface area contributed by atoms with Gasteiger partial charge in [-0.15, -0.1) is 11.8 Å². The Kier molecular flexibility index (Phi) is 5.75. The average molecular weight is 473 g/mol. The van der Waals surface area contributed by atoms with Gasteiger partial charge in [0.2, 0.25) is 5.91 Å². The number of anilines is 1. The van der Waals surface area contributed by atoms with Gasteiger partial charge in [0.05, 0.1) is 16.8 Å². The first-order valence-electron chi connectivity index (χ1n) is 10.9. The lowest BCUT2D eigenvalue weighted by atomic mass is 10.1. The second kappa shape index (κ2) is 8.87. The summed E-state index contributed by atoms with van der Waals surface area (Å²) in [5.74, 6) is 0.332. The lowest BCUT2D eigenvalue weighted by Crippen LogP contribution is -2.27. The summed E-state index contributed by atoms with van der Waals surface area (Å²) in [6.45, 7) is 0.560. The molecule has 34 heavy (non-hydrogen) atoms. The molecule has 0 aliphatic carbocycles. The fourth-order valence-electron chi connectivity index (χ4n) is 4.27. The van der Waals surface area contributed by atoms with Crippen LogP contribution in [-0.4, -0.2) is 31.6 Å². The van der Waals surface area contributed by atoms with Crippen LogP contribution in [-0.2, 0) is 25.4 Å². The smallest absolute Gasteiger partial charge is 0.322 e. The van der Waals surface area contributed by atoms with Gasteiger partial charge < -0.3 is 10.2 Å². The highest BCUT2D eigenvalue weighted by Gasteiger charge is 2.32. The molecular formula is C26H24N4O3S. The maximum Gasteiger partial charge on any atom is 0.328 e. The molecule has 0 saturated carbocycles. The minimum atomic E-state index is -0.233. The molecule has 0 radical (unpaired) electrons. The molecule has 5 rings (SSSR count). The van der Waals surface area contributed by atoms with Crippen molar-refractivity contribution < 1.29 is 9.59 Å². The molecule has 1 aliphatic rings. The number of carbonyl (C=O) groups excluding carboxylic acids is 2. The van der Waals surface area contributed by atoms with E-state index in [2.05, 4.69) is 5.32 Å². The van der Waals surface area contributed by atoms with Crippen LogP contribution in [0.5, 0.6) is 0 Å². The molecule has 4 aromatic rings. The first-order chi connectivity index (χ1) is 16.4. The van der Waals surface area contributed by atoms with E-state index >= 15 is 0 Å². The molecule has 0 bridgehead atoms. The Morgan fingerprint density at radius 3 is 2.38 bits per heavy atom. The van der Waals surface area contributed by atoms with Crippen LogP contribution in [0.3, 0.4) is 0 Å². The van der Waals surface area contributed by atoms with Crippen molar-refractivity contribution in [1.29, 1.82) is 0 Å². The minimum absolute atomic E-state index is 0.0772. The standard InChI is InChI=1S/C26H24N4O3S/c1-28-21-13-12-20(14-22(21)29(2)26(28)33)27-24(32)18-8-10-19(11-9-18)25-30(23(31)16-34-25)15-17-6-4-3-5-7-17/h3-14,25H,15-16H2,1-2H3,(H,27,32)/t25-/m0/s1. The largest absolute Gasteiger partial charge is 0.328 e. The Balaban J connectivity index is 1.32. The number of rotatable bonds is 5. The number of aryl methyl sites for hydroxylation is 2. The van der Waals surface area contributed by atoms with E-state index in [0.29, 0.717) is 23.5 Å². The Hall–Kier alpha value is -3.78. The van der Waals surface area contributed by atoms with Gasteiger partial charge in [-0.1, -0.05) is 42.5 Å². The first-order valence-corrected chi connectivity index (χ1v) is 12.0. The van der Waals surface area contributed by atoms with Crippen LogP contribution in [0, 0.1) is 0 Å². The van der Waals surface area contributed by atoms with Crippen molar-refractivity contribution in [1.82, 2.24) is 14.0 Å². The summed E-state index contributed by atoms with van der Waals surface area (Å²) in [5, 5.41) is 2.83. The molecule has 2 amide bonds. The number of hydrogen-bond donors (Lipinski definition) is 1. The van der Waals surface area contributed by atoms with Crippen molar-refractivity contribution in [3.63, 3.8) is 0 Å². The number of fused-ring (bicyclic) bond motifs is 1. The molecule has 7 nitrogen and oxygen atoms in total. The van der Waals surface area contributed by atoms with Crippen molar-refractivity contribution in [3.8, 4) is 0 Å². The Morgan fingerprint density at radius 1 is 0.941 bits per heavy atom. The summed E-state index contributed by atoms with van der Waals surface area (Å²) in [7, 11) is 3.43. The van der Waals surface area contributed by atoms with Gasteiger partial charge in [0.15, 0.2) is 0 Å². The maximum absolute atomic E-state index is 12.8. The molecule has 3 aromatic carbocycles. The number of carbonyl (C=O) groups is 2. The third-order valence-corrected chi connectivity index (χ3v) is 7.41. The molecule has 1 fully saturated rings. The molecule has 2 heterocycles. The Bertz CT molecular complexity index is 1440. The summed E-state index contributed by atoms with van der Waals surface area (Å²) in [6, 6.07) is 22.7. The van der Waals surface area contributed by atoms with Crippen LogP contribution in [0.4, 0.5) is 5.69 Å². The summed E-state index contributed by atoms with van der Waals surface area (Å²) >= 11 is 1.60. The van der Waals surface area contributed by atoms with Crippen molar-refractivity contribution in [2.24, 2.45) is 14.1 Å². The van der Waals surface area contributed by atoms with E-state index in [1.807, 2.05) is 53.4 Å². The third-order valence-electron chi connectivity index (χ3n) is 6.15. The SMILES string of the molecule is Cn1c(=O)n(C)c2cc(NC(=O)c3ccc([C@@H]4SCC(=O)N4Cc4ccccc4)cc3)ccc21. The molecular weight excluding hydrogens is 448 g/mol. The van der Waals surface area contributed by atoms with Crippen LogP contribution in [0.1, 0.15) is 26.9 Å². The zero-order valence-corrected chi connectivity index (χ0v) is 19.7. The lowest BCUT2D eigenvalue weighted by molar-refractivity contribution is -0.128.